The molecule has 0 radical (unpaired) electrons. The minimum atomic E-state index is -0.217. The van der Waals surface area contributed by atoms with Gasteiger partial charge in [0.25, 0.3) is 11.5 Å². The van der Waals surface area contributed by atoms with Crippen molar-refractivity contribution in [2.45, 2.75) is 20.4 Å². The quantitative estimate of drug-likeness (QED) is 0.783. The fraction of sp³-hybridized carbons (Fsp3) is 0.529. The Hall–Kier alpha value is -2.48. The Morgan fingerprint density at radius 3 is 2.40 bits per heavy atom. The Morgan fingerprint density at radius 2 is 1.80 bits per heavy atom. The first-order valence-electron chi connectivity index (χ1n) is 8.51. The molecule has 3 heterocycles. The molecule has 0 saturated carbocycles. The van der Waals surface area contributed by atoms with E-state index in [0.717, 1.165) is 31.9 Å². The highest BCUT2D eigenvalue weighted by atomic mass is 16.2. The molecule has 25 heavy (non-hydrogen) atoms. The number of piperazine rings is 1. The van der Waals surface area contributed by atoms with Gasteiger partial charge < -0.3 is 4.90 Å². The largest absolute Gasteiger partial charge is 0.335 e. The number of carbonyl (C=O) groups is 1. The smallest absolute Gasteiger partial charge is 0.274 e. The van der Waals surface area contributed by atoms with Crippen molar-refractivity contribution in [1.29, 1.82) is 0 Å². The molecule has 1 amide bonds. The van der Waals surface area contributed by atoms with Crippen molar-refractivity contribution in [3.8, 4) is 0 Å². The van der Waals surface area contributed by atoms with E-state index in [-0.39, 0.29) is 11.5 Å². The van der Waals surface area contributed by atoms with Gasteiger partial charge in [0.15, 0.2) is 0 Å². The van der Waals surface area contributed by atoms with E-state index in [1.165, 1.54) is 22.5 Å². The van der Waals surface area contributed by atoms with Gasteiger partial charge in [0, 0.05) is 51.5 Å². The number of carbonyl (C=O) groups excluding carboxylic acids is 1. The molecule has 3 rings (SSSR count). The van der Waals surface area contributed by atoms with Gasteiger partial charge >= 0.3 is 0 Å². The van der Waals surface area contributed by atoms with Gasteiger partial charge in [0.05, 0.1) is 12.2 Å². The van der Waals surface area contributed by atoms with Crippen LogP contribution in [-0.2, 0) is 13.6 Å². The van der Waals surface area contributed by atoms with E-state index in [9.17, 15) is 9.59 Å². The molecular weight excluding hydrogens is 320 g/mol. The van der Waals surface area contributed by atoms with Gasteiger partial charge in [-0.3, -0.25) is 19.2 Å². The van der Waals surface area contributed by atoms with Crippen molar-refractivity contribution in [3.63, 3.8) is 0 Å². The summed E-state index contributed by atoms with van der Waals surface area (Å²) >= 11 is 0. The molecule has 1 fully saturated rings. The number of aryl methyl sites for hydroxylation is 3. The minimum absolute atomic E-state index is 0.117. The van der Waals surface area contributed by atoms with Gasteiger partial charge in [0.2, 0.25) is 0 Å². The molecule has 134 valence electrons. The highest BCUT2D eigenvalue weighted by molar-refractivity contribution is 5.92. The average molecular weight is 344 g/mol. The predicted molar refractivity (Wildman–Crippen MR) is 93.5 cm³/mol. The third-order valence-corrected chi connectivity index (χ3v) is 4.57. The standard InChI is InChI=1S/C17H24N6O2/c1-13-12-14(2)23(18-13)11-8-21-6-9-22(10-7-21)17(25)15-4-5-16(24)20(3)19-15/h4-5,12H,6-11H2,1-3H3. The first kappa shape index (κ1) is 17.3. The van der Waals surface area contributed by atoms with Gasteiger partial charge in [0.1, 0.15) is 5.69 Å². The van der Waals surface area contributed by atoms with Gasteiger partial charge in [-0.15, -0.1) is 0 Å². The molecule has 0 N–H and O–H groups in total. The molecule has 2 aromatic heterocycles. The van der Waals surface area contributed by atoms with Crippen LogP contribution in [0.4, 0.5) is 0 Å². The van der Waals surface area contributed by atoms with Crippen LogP contribution in [0.2, 0.25) is 0 Å². The topological polar surface area (TPSA) is 76.3 Å². The molecule has 1 aliphatic heterocycles. The highest BCUT2D eigenvalue weighted by Crippen LogP contribution is 2.07. The van der Waals surface area contributed by atoms with Gasteiger partial charge in [-0.25, -0.2) is 4.68 Å². The number of rotatable bonds is 4. The fourth-order valence-electron chi connectivity index (χ4n) is 3.09. The summed E-state index contributed by atoms with van der Waals surface area (Å²) in [6, 6.07) is 4.96. The van der Waals surface area contributed by atoms with E-state index in [1.807, 2.05) is 11.6 Å². The fourth-order valence-corrected chi connectivity index (χ4v) is 3.09. The lowest BCUT2D eigenvalue weighted by Gasteiger charge is -2.34. The van der Waals surface area contributed by atoms with Gasteiger partial charge in [-0.1, -0.05) is 0 Å². The van der Waals surface area contributed by atoms with E-state index in [0.29, 0.717) is 18.8 Å². The maximum atomic E-state index is 12.5. The zero-order valence-corrected chi connectivity index (χ0v) is 15.0. The maximum absolute atomic E-state index is 12.5. The Labute approximate surface area is 146 Å². The number of amides is 1. The second-order valence-electron chi connectivity index (χ2n) is 6.46. The molecule has 0 unspecified atom stereocenters. The van der Waals surface area contributed by atoms with Crippen LogP contribution in [0.5, 0.6) is 0 Å². The van der Waals surface area contributed by atoms with Crippen LogP contribution in [0.25, 0.3) is 0 Å². The monoisotopic (exact) mass is 344 g/mol. The Morgan fingerprint density at radius 1 is 1.08 bits per heavy atom. The van der Waals surface area contributed by atoms with Crippen molar-refractivity contribution >= 4 is 5.91 Å². The predicted octanol–water partition coefficient (Wildman–Crippen LogP) is 0.0516. The molecule has 8 nitrogen and oxygen atoms in total. The summed E-state index contributed by atoms with van der Waals surface area (Å²) in [7, 11) is 1.55. The van der Waals surface area contributed by atoms with Crippen LogP contribution in [0.3, 0.4) is 0 Å². The number of nitrogens with zero attached hydrogens (tertiary/aromatic N) is 6. The SMILES string of the molecule is Cc1cc(C)n(CCN2CCN(C(=O)c3ccc(=O)n(C)n3)CC2)n1. The summed E-state index contributed by atoms with van der Waals surface area (Å²) in [6.45, 7) is 8.84. The normalized spacial score (nSPS) is 15.6. The second-order valence-corrected chi connectivity index (χ2v) is 6.46. The molecule has 0 aliphatic carbocycles. The molecule has 0 atom stereocenters. The van der Waals surface area contributed by atoms with Crippen molar-refractivity contribution < 1.29 is 4.79 Å². The van der Waals surface area contributed by atoms with Gasteiger partial charge in [-0.2, -0.15) is 10.2 Å². The third-order valence-electron chi connectivity index (χ3n) is 4.57. The van der Waals surface area contributed by atoms with E-state index >= 15 is 0 Å². The molecule has 1 saturated heterocycles. The lowest BCUT2D eigenvalue weighted by Crippen LogP contribution is -2.49. The first-order valence-corrected chi connectivity index (χ1v) is 8.51. The minimum Gasteiger partial charge on any atom is -0.335 e. The van der Waals surface area contributed by atoms with E-state index in [1.54, 1.807) is 11.9 Å². The highest BCUT2D eigenvalue weighted by Gasteiger charge is 2.23. The summed E-state index contributed by atoms with van der Waals surface area (Å²) in [5, 5.41) is 8.52. The molecular formula is C17H24N6O2. The Balaban J connectivity index is 1.52. The molecule has 0 aromatic carbocycles. The van der Waals surface area contributed by atoms with Crippen LogP contribution in [0.15, 0.2) is 23.0 Å². The van der Waals surface area contributed by atoms with Crippen LogP contribution in [0.1, 0.15) is 21.9 Å². The van der Waals surface area contributed by atoms with Gasteiger partial charge in [-0.05, 0) is 26.0 Å². The zero-order valence-electron chi connectivity index (χ0n) is 15.0. The maximum Gasteiger partial charge on any atom is 0.274 e. The van der Waals surface area contributed by atoms with Crippen molar-refractivity contribution in [1.82, 2.24) is 29.4 Å². The number of aromatic nitrogens is 4. The van der Waals surface area contributed by atoms with Crippen LogP contribution >= 0.6 is 0 Å². The summed E-state index contributed by atoms with van der Waals surface area (Å²) in [5.74, 6) is -0.117. The van der Waals surface area contributed by atoms with Crippen molar-refractivity contribution in [2.75, 3.05) is 32.7 Å². The Kier molecular flexibility index (Phi) is 4.98. The summed E-state index contributed by atoms with van der Waals surface area (Å²) in [5.41, 5.74) is 2.31. The van der Waals surface area contributed by atoms with E-state index < -0.39 is 0 Å². The lowest BCUT2D eigenvalue weighted by molar-refractivity contribution is 0.0623. The number of hydrogen-bond donors (Lipinski definition) is 0. The van der Waals surface area contributed by atoms with Crippen LogP contribution < -0.4 is 5.56 Å². The number of hydrogen-bond acceptors (Lipinski definition) is 5. The third kappa shape index (κ3) is 3.96. The van der Waals surface area contributed by atoms with E-state index in [4.69, 9.17) is 0 Å². The lowest BCUT2D eigenvalue weighted by atomic mass is 10.2. The van der Waals surface area contributed by atoms with Crippen molar-refractivity contribution in [2.24, 2.45) is 7.05 Å². The average Bonchev–Trinajstić information content (AvgIpc) is 2.93. The summed E-state index contributed by atoms with van der Waals surface area (Å²) in [4.78, 5) is 28.0. The summed E-state index contributed by atoms with van der Waals surface area (Å²) in [6.07, 6.45) is 0. The van der Waals surface area contributed by atoms with E-state index in [2.05, 4.69) is 28.1 Å². The van der Waals surface area contributed by atoms with Crippen LogP contribution in [0, 0.1) is 13.8 Å². The van der Waals surface area contributed by atoms with Crippen LogP contribution in [-0.4, -0.2) is 68.0 Å². The first-order chi connectivity index (χ1) is 11.9. The second kappa shape index (κ2) is 7.18. The molecule has 8 heteroatoms. The zero-order chi connectivity index (χ0) is 18.0. The Bertz CT molecular complexity index is 817. The molecule has 2 aromatic rings. The molecule has 1 aliphatic rings. The molecule has 0 spiro atoms. The summed E-state index contributed by atoms with van der Waals surface area (Å²) < 4.78 is 3.22. The molecule has 0 bridgehead atoms. The van der Waals surface area contributed by atoms with Crippen molar-refractivity contribution in [3.05, 3.63) is 45.6 Å².